The molecule has 0 bridgehead atoms. The number of carboxylic acid groups (broad SMARTS) is 1. The van der Waals surface area contributed by atoms with Gasteiger partial charge in [-0.1, -0.05) is 34.7 Å². The molecule has 3 aromatic rings. The molecule has 3 heterocycles. The normalized spacial score (nSPS) is 15.1. The van der Waals surface area contributed by atoms with Crippen LogP contribution >= 0.6 is 34.7 Å². The average Bonchev–Trinajstić information content (AvgIpc) is 3.27. The predicted molar refractivity (Wildman–Crippen MR) is 123 cm³/mol. The number of anilines is 1. The summed E-state index contributed by atoms with van der Waals surface area (Å²) in [6.07, 6.45) is 1.88. The van der Waals surface area contributed by atoms with Crippen LogP contribution in [-0.2, 0) is 21.5 Å². The van der Waals surface area contributed by atoms with Crippen molar-refractivity contribution >= 4 is 73.0 Å². The minimum Gasteiger partial charge on any atom is -0.748 e. The summed E-state index contributed by atoms with van der Waals surface area (Å²) in [4.78, 5) is 15.8. The highest BCUT2D eigenvalue weighted by Crippen LogP contribution is 2.47. The van der Waals surface area contributed by atoms with Gasteiger partial charge in [0.05, 0.1) is 26.9 Å². The van der Waals surface area contributed by atoms with Gasteiger partial charge in [-0.3, -0.25) is 4.79 Å². The van der Waals surface area contributed by atoms with E-state index in [1.807, 2.05) is 24.5 Å². The van der Waals surface area contributed by atoms with E-state index < -0.39 is 21.8 Å². The summed E-state index contributed by atoms with van der Waals surface area (Å²) in [6, 6.07) is 5.29. The lowest BCUT2D eigenvalue weighted by atomic mass is 10.2. The van der Waals surface area contributed by atoms with E-state index in [-0.39, 0.29) is 19.5 Å². The molecule has 32 heavy (non-hydrogen) atoms. The number of hydrogen-bond donors (Lipinski definition) is 1. The van der Waals surface area contributed by atoms with Crippen molar-refractivity contribution in [3.63, 3.8) is 0 Å². The number of thiophene rings is 1. The van der Waals surface area contributed by atoms with Crippen molar-refractivity contribution in [1.29, 1.82) is 0 Å². The molecule has 1 N–H and O–H groups in total. The predicted octanol–water partition coefficient (Wildman–Crippen LogP) is 3.98. The molecule has 0 unspecified atom stereocenters. The molecular weight excluding hydrogens is 496 g/mol. The molecular formula is C20H19ClN2O6S3. The fourth-order valence-electron chi connectivity index (χ4n) is 3.54. The molecule has 0 amide bonds. The van der Waals surface area contributed by atoms with Gasteiger partial charge < -0.3 is 19.0 Å². The van der Waals surface area contributed by atoms with Gasteiger partial charge in [-0.25, -0.2) is 8.42 Å². The summed E-state index contributed by atoms with van der Waals surface area (Å²) in [5.41, 5.74) is 2.55. The van der Waals surface area contributed by atoms with Crippen molar-refractivity contribution in [2.75, 3.05) is 17.2 Å². The van der Waals surface area contributed by atoms with E-state index in [2.05, 4.69) is 0 Å². The highest BCUT2D eigenvalue weighted by molar-refractivity contribution is 8.03. The van der Waals surface area contributed by atoms with Crippen molar-refractivity contribution in [3.8, 4) is 0 Å². The minimum atomic E-state index is -4.33. The Morgan fingerprint density at radius 2 is 2.12 bits per heavy atom. The SMILES string of the molecule is Cc1sc2oc(C=C3Sc4ccc(Cl)cc4N3CC(=O)O)[n+](CCCS(=O)(=O)[O-])c2c1C. The van der Waals surface area contributed by atoms with Gasteiger partial charge in [0.25, 0.3) is 10.4 Å². The maximum Gasteiger partial charge on any atom is 0.377 e. The van der Waals surface area contributed by atoms with Gasteiger partial charge in [0.15, 0.2) is 6.54 Å². The summed E-state index contributed by atoms with van der Waals surface area (Å²) >= 11 is 9.00. The van der Waals surface area contributed by atoms with Gasteiger partial charge in [-0.05, 0) is 32.0 Å². The van der Waals surface area contributed by atoms with Crippen molar-refractivity contribution in [2.45, 2.75) is 31.7 Å². The number of aromatic nitrogens is 1. The number of fused-ring (bicyclic) bond motifs is 2. The third-order valence-electron chi connectivity index (χ3n) is 5.06. The standard InChI is InChI=1S/C20H19ClN2O6S3/c1-11-12(2)30-20-19(11)22(6-3-7-32(26,27)28)16(29-20)9-17-23(10-18(24)25)14-8-13(21)4-5-15(14)31-17/h4-5,8-9H,3,6-7,10H2,1-2H3,(H-,24,25,26,27,28). The largest absolute Gasteiger partial charge is 0.748 e. The first-order valence-corrected chi connectivity index (χ1v) is 13.2. The first-order valence-electron chi connectivity index (χ1n) is 9.58. The molecule has 0 saturated carbocycles. The third kappa shape index (κ3) is 4.67. The number of hydrogen-bond acceptors (Lipinski definition) is 8. The quantitative estimate of drug-likeness (QED) is 0.372. The molecule has 1 aromatic carbocycles. The van der Waals surface area contributed by atoms with Gasteiger partial charge in [-0.2, -0.15) is 4.57 Å². The second-order valence-corrected chi connectivity index (χ2v) is 11.5. The highest BCUT2D eigenvalue weighted by atomic mass is 35.5. The molecule has 2 aromatic heterocycles. The number of carbonyl (C=O) groups is 1. The zero-order valence-electron chi connectivity index (χ0n) is 17.1. The van der Waals surface area contributed by atoms with Crippen LogP contribution in [0.2, 0.25) is 5.02 Å². The first kappa shape index (κ1) is 23.1. The number of carboxylic acids is 1. The Hall–Kier alpha value is -2.05. The van der Waals surface area contributed by atoms with Crippen molar-refractivity contribution < 1.29 is 31.9 Å². The first-order chi connectivity index (χ1) is 15.0. The van der Waals surface area contributed by atoms with E-state index in [1.54, 1.807) is 23.1 Å². The van der Waals surface area contributed by atoms with Crippen LogP contribution < -0.4 is 9.47 Å². The summed E-state index contributed by atoms with van der Waals surface area (Å²) in [5, 5.41) is 10.6. The summed E-state index contributed by atoms with van der Waals surface area (Å²) in [6.45, 7) is 3.95. The Balaban J connectivity index is 1.78. The topological polar surface area (TPSA) is 115 Å². The van der Waals surface area contributed by atoms with Gasteiger partial charge in [-0.15, -0.1) is 0 Å². The number of nitrogens with zero attached hydrogens (tertiary/aromatic N) is 2. The number of benzene rings is 1. The van der Waals surface area contributed by atoms with Gasteiger partial charge >= 0.3 is 11.9 Å². The molecule has 12 heteroatoms. The van der Waals surface area contributed by atoms with Crippen LogP contribution in [0, 0.1) is 13.8 Å². The van der Waals surface area contributed by atoms with Crippen LogP contribution in [0.3, 0.4) is 0 Å². The van der Waals surface area contributed by atoms with Crippen LogP contribution in [0.5, 0.6) is 0 Å². The fourth-order valence-corrected chi connectivity index (χ4v) is 6.27. The highest BCUT2D eigenvalue weighted by Gasteiger charge is 2.31. The van der Waals surface area contributed by atoms with Crippen LogP contribution in [0.25, 0.3) is 16.5 Å². The zero-order valence-corrected chi connectivity index (χ0v) is 20.3. The molecule has 0 saturated heterocycles. The van der Waals surface area contributed by atoms with Crippen LogP contribution in [-0.4, -0.2) is 36.3 Å². The summed E-state index contributed by atoms with van der Waals surface area (Å²) in [5.74, 6) is -1.02. The summed E-state index contributed by atoms with van der Waals surface area (Å²) in [7, 11) is -4.33. The number of oxazole rings is 1. The van der Waals surface area contributed by atoms with E-state index in [9.17, 15) is 22.9 Å². The molecule has 0 atom stereocenters. The van der Waals surface area contributed by atoms with Gasteiger partial charge in [0, 0.05) is 32.5 Å². The monoisotopic (exact) mass is 514 g/mol. The molecule has 8 nitrogen and oxygen atoms in total. The Morgan fingerprint density at radius 1 is 1.38 bits per heavy atom. The lowest BCUT2D eigenvalue weighted by Gasteiger charge is -2.17. The van der Waals surface area contributed by atoms with E-state index in [4.69, 9.17) is 16.0 Å². The second-order valence-electron chi connectivity index (χ2n) is 7.30. The smallest absolute Gasteiger partial charge is 0.377 e. The third-order valence-corrected chi connectivity index (χ3v) is 8.28. The van der Waals surface area contributed by atoms with Gasteiger partial charge in [0.1, 0.15) is 6.54 Å². The average molecular weight is 515 g/mol. The number of halogens is 1. The lowest BCUT2D eigenvalue weighted by Crippen LogP contribution is -2.37. The van der Waals surface area contributed by atoms with Crippen LogP contribution in [0.1, 0.15) is 22.8 Å². The Kier molecular flexibility index (Phi) is 6.29. The molecule has 1 aliphatic heterocycles. The number of rotatable bonds is 7. The minimum absolute atomic E-state index is 0.136. The molecule has 170 valence electrons. The number of aryl methyl sites for hydroxylation is 3. The van der Waals surface area contributed by atoms with E-state index in [0.717, 1.165) is 20.9 Å². The molecule has 0 spiro atoms. The number of thioether (sulfide) groups is 1. The maximum atomic E-state index is 11.5. The molecule has 4 rings (SSSR count). The zero-order chi connectivity index (χ0) is 23.2. The van der Waals surface area contributed by atoms with Gasteiger partial charge in [0.2, 0.25) is 0 Å². The van der Waals surface area contributed by atoms with Crippen LogP contribution in [0.15, 0.2) is 32.5 Å². The fraction of sp³-hybridized carbons (Fsp3) is 0.300. The second kappa shape index (κ2) is 8.71. The molecule has 0 radical (unpaired) electrons. The Labute approximate surface area is 197 Å². The molecule has 0 fully saturated rings. The van der Waals surface area contributed by atoms with Crippen LogP contribution in [0.4, 0.5) is 5.69 Å². The lowest BCUT2D eigenvalue weighted by molar-refractivity contribution is -0.678. The Morgan fingerprint density at radius 3 is 2.81 bits per heavy atom. The molecule has 1 aliphatic rings. The number of aliphatic carboxylic acids is 1. The summed E-state index contributed by atoms with van der Waals surface area (Å²) < 4.78 is 41.2. The molecule has 0 aliphatic carbocycles. The van der Waals surface area contributed by atoms with E-state index in [0.29, 0.717) is 26.5 Å². The van der Waals surface area contributed by atoms with Crippen molar-refractivity contribution in [3.05, 3.63) is 44.6 Å². The van der Waals surface area contributed by atoms with E-state index >= 15 is 0 Å². The van der Waals surface area contributed by atoms with E-state index in [1.165, 1.54) is 23.1 Å². The van der Waals surface area contributed by atoms with Crippen molar-refractivity contribution in [2.24, 2.45) is 0 Å². The maximum absolute atomic E-state index is 11.5. The Bertz CT molecular complexity index is 1360. The van der Waals surface area contributed by atoms with Crippen molar-refractivity contribution in [1.82, 2.24) is 0 Å².